The number of nitrogens with one attached hydrogen (secondary N) is 2. The van der Waals surface area contributed by atoms with Crippen LogP contribution in [0.4, 0.5) is 5.69 Å². The molecule has 1 heterocycles. The highest BCUT2D eigenvalue weighted by molar-refractivity contribution is 5.37. The molecule has 0 aliphatic carbocycles. The minimum Gasteiger partial charge on any atom is -0.396 e. The molecule has 3 N–H and O–H groups in total. The fraction of sp³-hybridized carbons (Fsp3) is 0.500. The van der Waals surface area contributed by atoms with Crippen LogP contribution in [-0.2, 0) is 0 Å². The molecule has 1 aromatic heterocycles. The zero-order chi connectivity index (χ0) is 7.23. The molecule has 56 valence electrons. The molecule has 4 nitrogen and oxygen atoms in total. The Balaban J connectivity index is 2.15. The van der Waals surface area contributed by atoms with Crippen molar-refractivity contribution in [2.75, 3.05) is 18.5 Å². The van der Waals surface area contributed by atoms with Crippen LogP contribution in [0.1, 0.15) is 6.42 Å². The molecule has 0 bridgehead atoms. The second-order valence-electron chi connectivity index (χ2n) is 1.99. The first kappa shape index (κ1) is 7.08. The summed E-state index contributed by atoms with van der Waals surface area (Å²) in [5, 5.41) is 17.9. The van der Waals surface area contributed by atoms with E-state index in [1.165, 1.54) is 0 Å². The SMILES string of the molecule is OCCCNc1cn[nH]c1. The first-order valence-electron chi connectivity index (χ1n) is 3.27. The Bertz CT molecular complexity index is 162. The molecule has 0 unspecified atom stereocenters. The van der Waals surface area contributed by atoms with Gasteiger partial charge in [0, 0.05) is 19.3 Å². The smallest absolute Gasteiger partial charge is 0.0723 e. The van der Waals surface area contributed by atoms with Crippen LogP contribution in [0.15, 0.2) is 12.4 Å². The number of aromatic nitrogens is 2. The van der Waals surface area contributed by atoms with Gasteiger partial charge in [-0.15, -0.1) is 0 Å². The van der Waals surface area contributed by atoms with Gasteiger partial charge in [0.1, 0.15) is 0 Å². The Morgan fingerprint density at radius 1 is 1.70 bits per heavy atom. The largest absolute Gasteiger partial charge is 0.396 e. The lowest BCUT2D eigenvalue weighted by Gasteiger charge is -1.98. The van der Waals surface area contributed by atoms with E-state index in [1.54, 1.807) is 12.4 Å². The van der Waals surface area contributed by atoms with Crippen LogP contribution in [0.5, 0.6) is 0 Å². The maximum atomic E-state index is 8.43. The van der Waals surface area contributed by atoms with Gasteiger partial charge in [0.25, 0.3) is 0 Å². The number of H-pyrrole nitrogens is 1. The summed E-state index contributed by atoms with van der Waals surface area (Å²) in [5.74, 6) is 0. The zero-order valence-electron chi connectivity index (χ0n) is 5.67. The van der Waals surface area contributed by atoms with Crippen molar-refractivity contribution in [1.29, 1.82) is 0 Å². The predicted molar refractivity (Wildman–Crippen MR) is 38.8 cm³/mol. The first-order chi connectivity index (χ1) is 4.93. The lowest BCUT2D eigenvalue weighted by Crippen LogP contribution is -2.01. The summed E-state index contributed by atoms with van der Waals surface area (Å²) in [7, 11) is 0. The van der Waals surface area contributed by atoms with Gasteiger partial charge in [0.15, 0.2) is 0 Å². The van der Waals surface area contributed by atoms with Crippen molar-refractivity contribution >= 4 is 5.69 Å². The lowest BCUT2D eigenvalue weighted by molar-refractivity contribution is 0.292. The number of aliphatic hydroxyl groups excluding tert-OH is 1. The monoisotopic (exact) mass is 141 g/mol. The average Bonchev–Trinajstić information content (AvgIpc) is 2.41. The van der Waals surface area contributed by atoms with Crippen LogP contribution in [-0.4, -0.2) is 28.5 Å². The maximum absolute atomic E-state index is 8.43. The number of aliphatic hydroxyl groups is 1. The summed E-state index contributed by atoms with van der Waals surface area (Å²) in [6, 6.07) is 0. The van der Waals surface area contributed by atoms with E-state index in [-0.39, 0.29) is 6.61 Å². The molecule has 1 aromatic rings. The van der Waals surface area contributed by atoms with E-state index in [1.807, 2.05) is 0 Å². The molecule has 0 saturated heterocycles. The molecule has 4 heteroatoms. The minimum absolute atomic E-state index is 0.227. The molecule has 0 spiro atoms. The van der Waals surface area contributed by atoms with Crippen LogP contribution in [0.3, 0.4) is 0 Å². The van der Waals surface area contributed by atoms with Gasteiger partial charge in [-0.3, -0.25) is 5.10 Å². The Hall–Kier alpha value is -1.03. The lowest BCUT2D eigenvalue weighted by atomic mass is 10.4. The number of hydrogen-bond acceptors (Lipinski definition) is 3. The maximum Gasteiger partial charge on any atom is 0.0723 e. The standard InChI is InChI=1S/C6H11N3O/c10-3-1-2-7-6-4-8-9-5-6/h4-5,7,10H,1-3H2,(H,8,9). The van der Waals surface area contributed by atoms with Crippen LogP contribution < -0.4 is 5.32 Å². The van der Waals surface area contributed by atoms with Gasteiger partial charge in [-0.1, -0.05) is 0 Å². The van der Waals surface area contributed by atoms with Crippen molar-refractivity contribution in [3.63, 3.8) is 0 Å². The van der Waals surface area contributed by atoms with Crippen molar-refractivity contribution in [3.8, 4) is 0 Å². The zero-order valence-corrected chi connectivity index (χ0v) is 5.67. The summed E-state index contributed by atoms with van der Waals surface area (Å²) in [6.45, 7) is 1.01. The van der Waals surface area contributed by atoms with E-state index in [0.717, 1.165) is 18.7 Å². The van der Waals surface area contributed by atoms with Crippen molar-refractivity contribution in [3.05, 3.63) is 12.4 Å². The third-order valence-corrected chi connectivity index (χ3v) is 1.16. The summed E-state index contributed by atoms with van der Waals surface area (Å²) in [5.41, 5.74) is 0.966. The van der Waals surface area contributed by atoms with Gasteiger partial charge in [-0.2, -0.15) is 5.10 Å². The van der Waals surface area contributed by atoms with Gasteiger partial charge in [0.2, 0.25) is 0 Å². The van der Waals surface area contributed by atoms with Gasteiger partial charge < -0.3 is 10.4 Å². The Morgan fingerprint density at radius 3 is 3.20 bits per heavy atom. The normalized spacial score (nSPS) is 9.70. The van der Waals surface area contributed by atoms with Crippen molar-refractivity contribution < 1.29 is 5.11 Å². The first-order valence-corrected chi connectivity index (χ1v) is 3.27. The minimum atomic E-state index is 0.227. The summed E-state index contributed by atoms with van der Waals surface area (Å²) in [4.78, 5) is 0. The van der Waals surface area contributed by atoms with Crippen LogP contribution in [0.2, 0.25) is 0 Å². The quantitative estimate of drug-likeness (QED) is 0.525. The van der Waals surface area contributed by atoms with Crippen molar-refractivity contribution in [2.45, 2.75) is 6.42 Å². The molecule has 0 saturated carbocycles. The highest BCUT2D eigenvalue weighted by Crippen LogP contribution is 1.99. The van der Waals surface area contributed by atoms with Gasteiger partial charge in [-0.05, 0) is 6.42 Å². The van der Waals surface area contributed by atoms with Crippen LogP contribution in [0, 0.1) is 0 Å². The highest BCUT2D eigenvalue weighted by atomic mass is 16.3. The van der Waals surface area contributed by atoms with Gasteiger partial charge in [-0.25, -0.2) is 0 Å². The van der Waals surface area contributed by atoms with E-state index >= 15 is 0 Å². The Labute approximate surface area is 59.3 Å². The van der Waals surface area contributed by atoms with Gasteiger partial charge in [0.05, 0.1) is 11.9 Å². The fourth-order valence-corrected chi connectivity index (χ4v) is 0.659. The summed E-state index contributed by atoms with van der Waals surface area (Å²) < 4.78 is 0. The number of aromatic amines is 1. The van der Waals surface area contributed by atoms with Crippen LogP contribution in [0.25, 0.3) is 0 Å². The highest BCUT2D eigenvalue weighted by Gasteiger charge is 1.88. The van der Waals surface area contributed by atoms with E-state index in [2.05, 4.69) is 15.5 Å². The third-order valence-electron chi connectivity index (χ3n) is 1.16. The average molecular weight is 141 g/mol. The number of nitrogens with zero attached hydrogens (tertiary/aromatic N) is 1. The molecule has 1 rings (SSSR count). The molecule has 10 heavy (non-hydrogen) atoms. The fourth-order valence-electron chi connectivity index (χ4n) is 0.659. The third kappa shape index (κ3) is 2.06. The topological polar surface area (TPSA) is 60.9 Å². The molecular weight excluding hydrogens is 130 g/mol. The molecule has 0 amide bonds. The molecule has 0 aromatic carbocycles. The van der Waals surface area contributed by atoms with Crippen LogP contribution >= 0.6 is 0 Å². The molecule has 0 atom stereocenters. The molecular formula is C6H11N3O. The molecule has 0 aliphatic rings. The molecule has 0 aliphatic heterocycles. The number of rotatable bonds is 4. The van der Waals surface area contributed by atoms with E-state index in [0.29, 0.717) is 0 Å². The van der Waals surface area contributed by atoms with Crippen molar-refractivity contribution in [1.82, 2.24) is 10.2 Å². The predicted octanol–water partition coefficient (Wildman–Crippen LogP) is 0.204. The van der Waals surface area contributed by atoms with E-state index < -0.39 is 0 Å². The second-order valence-corrected chi connectivity index (χ2v) is 1.99. The molecule has 0 radical (unpaired) electrons. The van der Waals surface area contributed by atoms with E-state index in [9.17, 15) is 0 Å². The summed E-state index contributed by atoms with van der Waals surface area (Å²) in [6.07, 6.45) is 4.25. The number of anilines is 1. The number of hydrogen-bond donors (Lipinski definition) is 3. The van der Waals surface area contributed by atoms with Crippen molar-refractivity contribution in [2.24, 2.45) is 0 Å². The summed E-state index contributed by atoms with van der Waals surface area (Å²) >= 11 is 0. The Morgan fingerprint density at radius 2 is 2.60 bits per heavy atom. The van der Waals surface area contributed by atoms with E-state index in [4.69, 9.17) is 5.11 Å². The molecule has 0 fully saturated rings. The Kier molecular flexibility index (Phi) is 2.76. The second kappa shape index (κ2) is 3.90. The van der Waals surface area contributed by atoms with Gasteiger partial charge >= 0.3 is 0 Å².